The van der Waals surface area contributed by atoms with Crippen LogP contribution in [0.3, 0.4) is 0 Å². The van der Waals surface area contributed by atoms with E-state index < -0.39 is 11.2 Å². The van der Waals surface area contributed by atoms with E-state index in [2.05, 4.69) is 5.32 Å². The van der Waals surface area contributed by atoms with E-state index in [1.807, 2.05) is 66.7 Å². The van der Waals surface area contributed by atoms with Crippen molar-refractivity contribution in [1.82, 2.24) is 0 Å². The van der Waals surface area contributed by atoms with Crippen LogP contribution in [0.5, 0.6) is 0 Å². The van der Waals surface area contributed by atoms with Crippen LogP contribution in [0.2, 0.25) is 0 Å². The molecule has 1 atom stereocenters. The summed E-state index contributed by atoms with van der Waals surface area (Å²) in [4.78, 5) is 37.6. The van der Waals surface area contributed by atoms with E-state index in [0.717, 1.165) is 21.7 Å². The Labute approximate surface area is 178 Å². The lowest BCUT2D eigenvalue weighted by molar-refractivity contribution is -0.143. The number of ether oxygens (including phenoxy) is 1. The van der Waals surface area contributed by atoms with Gasteiger partial charge in [0, 0.05) is 10.5 Å². The van der Waals surface area contributed by atoms with Gasteiger partial charge in [-0.3, -0.25) is 14.4 Å². The van der Waals surface area contributed by atoms with Crippen LogP contribution in [0.1, 0.15) is 16.8 Å². The minimum absolute atomic E-state index is 0.0922. The third-order valence-electron chi connectivity index (χ3n) is 4.74. The zero-order valence-corrected chi connectivity index (χ0v) is 16.9. The Morgan fingerprint density at radius 3 is 2.30 bits per heavy atom. The van der Waals surface area contributed by atoms with Gasteiger partial charge in [0.25, 0.3) is 0 Å². The Morgan fingerprint density at radius 2 is 1.53 bits per heavy atom. The van der Waals surface area contributed by atoms with Gasteiger partial charge in [-0.1, -0.05) is 66.7 Å². The lowest BCUT2D eigenvalue weighted by atomic mass is 10.0. The number of esters is 1. The predicted octanol–water partition coefficient (Wildman–Crippen LogP) is 4.58. The van der Waals surface area contributed by atoms with E-state index >= 15 is 0 Å². The number of carbonyl (C=O) groups excluding carboxylic acids is 3. The van der Waals surface area contributed by atoms with Crippen molar-refractivity contribution < 1.29 is 19.1 Å². The largest absolute Gasteiger partial charge is 0.457 e. The molecule has 0 bridgehead atoms. The average molecular weight is 417 g/mol. The Balaban J connectivity index is 1.31. The molecule has 30 heavy (non-hydrogen) atoms. The molecule has 1 aliphatic heterocycles. The second-order valence-electron chi connectivity index (χ2n) is 6.82. The third kappa shape index (κ3) is 4.60. The molecule has 1 heterocycles. The minimum Gasteiger partial charge on any atom is -0.457 e. The highest BCUT2D eigenvalue weighted by Crippen LogP contribution is 2.36. The topological polar surface area (TPSA) is 72.5 Å². The summed E-state index contributed by atoms with van der Waals surface area (Å²) in [5.74, 6) is -1.09. The first-order chi connectivity index (χ1) is 14.6. The van der Waals surface area contributed by atoms with Gasteiger partial charge >= 0.3 is 5.97 Å². The lowest BCUT2D eigenvalue weighted by Crippen LogP contribution is -2.31. The monoisotopic (exact) mass is 417 g/mol. The van der Waals surface area contributed by atoms with Crippen molar-refractivity contribution in [3.05, 3.63) is 84.4 Å². The van der Waals surface area contributed by atoms with E-state index in [9.17, 15) is 14.4 Å². The fraction of sp³-hybridized carbons (Fsp3) is 0.125. The lowest BCUT2D eigenvalue weighted by Gasteiger charge is -2.23. The number of amides is 1. The van der Waals surface area contributed by atoms with Crippen molar-refractivity contribution in [2.45, 2.75) is 16.6 Å². The van der Waals surface area contributed by atoms with Crippen molar-refractivity contribution >= 4 is 35.1 Å². The highest BCUT2D eigenvalue weighted by molar-refractivity contribution is 8.01. The molecule has 6 heteroatoms. The molecule has 1 N–H and O–H groups in total. The van der Waals surface area contributed by atoms with E-state index in [1.165, 1.54) is 11.8 Å². The average Bonchev–Trinajstić information content (AvgIpc) is 2.78. The standard InChI is InChI=1S/C24H19NO4S/c26-20(18-12-10-17(11-13-18)16-6-2-1-3-7-16)15-29-23(27)14-22-24(28)25-19-8-4-5-9-21(19)30-22/h1-13,22H,14-15H2,(H,25,28)/t22-/m0/s1. The summed E-state index contributed by atoms with van der Waals surface area (Å²) in [6.07, 6.45) is -0.0922. The summed E-state index contributed by atoms with van der Waals surface area (Å²) < 4.78 is 5.13. The van der Waals surface area contributed by atoms with Crippen molar-refractivity contribution in [3.63, 3.8) is 0 Å². The van der Waals surface area contributed by atoms with Crippen LogP contribution >= 0.6 is 11.8 Å². The number of Topliss-reactive ketones (excluding diaryl/α,β-unsaturated/α-hetero) is 1. The molecule has 1 amide bonds. The maximum Gasteiger partial charge on any atom is 0.307 e. The second kappa shape index (κ2) is 8.97. The van der Waals surface area contributed by atoms with Crippen LogP contribution in [-0.2, 0) is 14.3 Å². The smallest absolute Gasteiger partial charge is 0.307 e. The van der Waals surface area contributed by atoms with Gasteiger partial charge in [-0.05, 0) is 23.3 Å². The van der Waals surface area contributed by atoms with Crippen LogP contribution in [0.4, 0.5) is 5.69 Å². The summed E-state index contributed by atoms with van der Waals surface area (Å²) in [6, 6.07) is 24.4. The highest BCUT2D eigenvalue weighted by Gasteiger charge is 2.29. The first-order valence-electron chi connectivity index (χ1n) is 9.51. The summed E-state index contributed by atoms with van der Waals surface area (Å²) in [5, 5.41) is 2.21. The van der Waals surface area contributed by atoms with Gasteiger partial charge in [0.15, 0.2) is 12.4 Å². The Morgan fingerprint density at radius 1 is 0.867 bits per heavy atom. The fourth-order valence-electron chi connectivity index (χ4n) is 3.15. The molecule has 1 aliphatic rings. The van der Waals surface area contributed by atoms with Crippen LogP contribution in [0, 0.1) is 0 Å². The number of anilines is 1. The van der Waals surface area contributed by atoms with Crippen molar-refractivity contribution in [2.75, 3.05) is 11.9 Å². The molecule has 0 radical (unpaired) electrons. The molecule has 3 aromatic carbocycles. The normalized spacial score (nSPS) is 15.1. The van der Waals surface area contributed by atoms with Gasteiger partial charge < -0.3 is 10.1 Å². The molecule has 0 aromatic heterocycles. The number of carbonyl (C=O) groups is 3. The van der Waals surface area contributed by atoms with Crippen molar-refractivity contribution in [1.29, 1.82) is 0 Å². The van der Waals surface area contributed by atoms with Gasteiger partial charge in [0.05, 0.1) is 17.4 Å². The number of nitrogens with one attached hydrogen (secondary N) is 1. The number of hydrogen-bond donors (Lipinski definition) is 1. The van der Waals surface area contributed by atoms with Gasteiger partial charge in [-0.25, -0.2) is 0 Å². The van der Waals surface area contributed by atoms with Gasteiger partial charge in [0.1, 0.15) is 0 Å². The molecular formula is C24H19NO4S. The Hall–Kier alpha value is -3.38. The maximum atomic E-state index is 12.4. The molecule has 0 spiro atoms. The van der Waals surface area contributed by atoms with Gasteiger partial charge in [0.2, 0.25) is 5.91 Å². The Kier molecular flexibility index (Phi) is 5.95. The third-order valence-corrected chi connectivity index (χ3v) is 6.01. The van der Waals surface area contributed by atoms with E-state index in [-0.39, 0.29) is 24.7 Å². The SMILES string of the molecule is O=C(C[C@@H]1Sc2ccccc2NC1=O)OCC(=O)c1ccc(-c2ccccc2)cc1. The summed E-state index contributed by atoms with van der Waals surface area (Å²) >= 11 is 1.33. The van der Waals surface area contributed by atoms with Crippen molar-refractivity contribution in [3.8, 4) is 11.1 Å². The number of fused-ring (bicyclic) bond motifs is 1. The van der Waals surface area contributed by atoms with Crippen LogP contribution in [-0.4, -0.2) is 29.5 Å². The first-order valence-corrected chi connectivity index (χ1v) is 10.4. The maximum absolute atomic E-state index is 12.4. The second-order valence-corrected chi connectivity index (χ2v) is 8.07. The van der Waals surface area contributed by atoms with Gasteiger partial charge in [-0.15, -0.1) is 11.8 Å². The zero-order valence-electron chi connectivity index (χ0n) is 16.0. The molecule has 0 fully saturated rings. The molecule has 0 unspecified atom stereocenters. The molecule has 0 aliphatic carbocycles. The number of benzene rings is 3. The summed E-state index contributed by atoms with van der Waals surface area (Å²) in [6.45, 7) is -0.348. The summed E-state index contributed by atoms with van der Waals surface area (Å²) in [5.41, 5.74) is 3.28. The number of hydrogen-bond acceptors (Lipinski definition) is 5. The predicted molar refractivity (Wildman–Crippen MR) is 117 cm³/mol. The Bertz CT molecular complexity index is 1080. The number of rotatable bonds is 6. The van der Waals surface area contributed by atoms with Crippen LogP contribution < -0.4 is 5.32 Å². The quantitative estimate of drug-likeness (QED) is 0.469. The number of thioether (sulfide) groups is 1. The summed E-state index contributed by atoms with van der Waals surface area (Å²) in [7, 11) is 0. The molecule has 0 saturated heterocycles. The highest BCUT2D eigenvalue weighted by atomic mass is 32.2. The van der Waals surface area contributed by atoms with Crippen molar-refractivity contribution in [2.24, 2.45) is 0 Å². The van der Waals surface area contributed by atoms with E-state index in [1.54, 1.807) is 12.1 Å². The molecule has 4 rings (SSSR count). The van der Waals surface area contributed by atoms with E-state index in [4.69, 9.17) is 4.74 Å². The molecule has 5 nitrogen and oxygen atoms in total. The molecular weight excluding hydrogens is 398 g/mol. The van der Waals surface area contributed by atoms with Crippen LogP contribution in [0.25, 0.3) is 11.1 Å². The minimum atomic E-state index is -0.576. The first kappa shape index (κ1) is 19.9. The van der Waals surface area contributed by atoms with Crippen LogP contribution in [0.15, 0.2) is 83.8 Å². The van der Waals surface area contributed by atoms with E-state index in [0.29, 0.717) is 5.56 Å². The number of ketones is 1. The fourth-order valence-corrected chi connectivity index (χ4v) is 4.24. The molecule has 3 aromatic rings. The molecule has 0 saturated carbocycles. The van der Waals surface area contributed by atoms with Gasteiger partial charge in [-0.2, -0.15) is 0 Å². The number of para-hydroxylation sites is 1. The zero-order chi connectivity index (χ0) is 20.9. The molecule has 150 valence electrons.